The second kappa shape index (κ2) is 5.70. The van der Waals surface area contributed by atoms with E-state index in [0.29, 0.717) is 6.04 Å². The summed E-state index contributed by atoms with van der Waals surface area (Å²) in [5.41, 5.74) is 4.88. The molecule has 2 aromatic rings. The summed E-state index contributed by atoms with van der Waals surface area (Å²) in [6.45, 7) is 3.27. The Labute approximate surface area is 128 Å². The van der Waals surface area contributed by atoms with E-state index in [1.807, 2.05) is 11.7 Å². The van der Waals surface area contributed by atoms with E-state index in [9.17, 15) is 0 Å². The number of benzene rings is 1. The molecule has 1 aromatic heterocycles. The van der Waals surface area contributed by atoms with Gasteiger partial charge in [-0.05, 0) is 47.3 Å². The van der Waals surface area contributed by atoms with Crippen LogP contribution in [0.5, 0.6) is 0 Å². The third kappa shape index (κ3) is 2.42. The van der Waals surface area contributed by atoms with Gasteiger partial charge in [-0.2, -0.15) is 5.10 Å². The van der Waals surface area contributed by atoms with Gasteiger partial charge in [-0.15, -0.1) is 0 Å². The average molecular weight is 334 g/mol. The van der Waals surface area contributed by atoms with Gasteiger partial charge in [-0.1, -0.05) is 31.2 Å². The van der Waals surface area contributed by atoms with Crippen molar-refractivity contribution >= 4 is 15.9 Å². The third-order valence-corrected chi connectivity index (χ3v) is 4.82. The van der Waals surface area contributed by atoms with Crippen LogP contribution in [0, 0.1) is 0 Å². The first-order chi connectivity index (χ1) is 9.70. The molecular formula is C16H20BrN3. The smallest absolute Gasteiger partial charge is 0.0942 e. The van der Waals surface area contributed by atoms with Crippen LogP contribution in [-0.4, -0.2) is 16.3 Å². The van der Waals surface area contributed by atoms with Gasteiger partial charge in [0, 0.05) is 12.6 Å². The molecule has 2 heterocycles. The van der Waals surface area contributed by atoms with Crippen molar-refractivity contribution in [3.8, 4) is 11.3 Å². The molecule has 1 unspecified atom stereocenters. The summed E-state index contributed by atoms with van der Waals surface area (Å²) in [5.74, 6) is 0. The first-order valence-corrected chi connectivity index (χ1v) is 8.05. The number of rotatable bonds is 3. The van der Waals surface area contributed by atoms with E-state index >= 15 is 0 Å². The number of halogens is 1. The second-order valence-electron chi connectivity index (χ2n) is 5.37. The summed E-state index contributed by atoms with van der Waals surface area (Å²) in [7, 11) is 2.02. The SMILES string of the molecule is CCc1ccc(-c2c(Br)c(C3CCCN3)nn2C)cc1. The Kier molecular flexibility index (Phi) is 3.94. The maximum absolute atomic E-state index is 4.72. The van der Waals surface area contributed by atoms with Crippen LogP contribution in [-0.2, 0) is 13.5 Å². The maximum atomic E-state index is 4.72. The van der Waals surface area contributed by atoms with Gasteiger partial charge in [0.1, 0.15) is 0 Å². The van der Waals surface area contributed by atoms with Crippen LogP contribution in [0.4, 0.5) is 0 Å². The van der Waals surface area contributed by atoms with Crippen molar-refractivity contribution in [2.24, 2.45) is 7.05 Å². The first-order valence-electron chi connectivity index (χ1n) is 7.25. The van der Waals surface area contributed by atoms with Gasteiger partial charge in [0.25, 0.3) is 0 Å². The number of hydrogen-bond acceptors (Lipinski definition) is 2. The second-order valence-corrected chi connectivity index (χ2v) is 6.16. The molecule has 3 rings (SSSR count). The van der Waals surface area contributed by atoms with E-state index in [-0.39, 0.29) is 0 Å². The van der Waals surface area contributed by atoms with Crippen molar-refractivity contribution in [2.45, 2.75) is 32.2 Å². The van der Waals surface area contributed by atoms with Gasteiger partial charge in [-0.3, -0.25) is 4.68 Å². The fraction of sp³-hybridized carbons (Fsp3) is 0.438. The summed E-state index contributed by atoms with van der Waals surface area (Å²) in [5, 5.41) is 8.24. The Hall–Kier alpha value is -1.13. The zero-order chi connectivity index (χ0) is 14.1. The molecule has 3 nitrogen and oxygen atoms in total. The molecular weight excluding hydrogens is 314 g/mol. The Balaban J connectivity index is 2.00. The van der Waals surface area contributed by atoms with E-state index in [1.54, 1.807) is 0 Å². The van der Waals surface area contributed by atoms with Crippen LogP contribution in [0.3, 0.4) is 0 Å². The lowest BCUT2D eigenvalue weighted by Gasteiger charge is -2.07. The van der Waals surface area contributed by atoms with Gasteiger partial charge >= 0.3 is 0 Å². The third-order valence-electron chi connectivity index (χ3n) is 4.04. The van der Waals surface area contributed by atoms with Crippen molar-refractivity contribution in [1.29, 1.82) is 0 Å². The summed E-state index contributed by atoms with van der Waals surface area (Å²) in [6.07, 6.45) is 3.47. The van der Waals surface area contributed by atoms with Crippen LogP contribution >= 0.6 is 15.9 Å². The molecule has 1 N–H and O–H groups in total. The molecule has 0 amide bonds. The minimum Gasteiger partial charge on any atom is -0.309 e. The molecule has 1 saturated heterocycles. The lowest BCUT2D eigenvalue weighted by atomic mass is 10.1. The van der Waals surface area contributed by atoms with Crippen molar-refractivity contribution in [3.05, 3.63) is 40.0 Å². The predicted octanol–water partition coefficient (Wildman–Crippen LogP) is 3.84. The molecule has 0 bridgehead atoms. The topological polar surface area (TPSA) is 29.9 Å². The molecule has 0 spiro atoms. The molecule has 1 aromatic carbocycles. The minimum absolute atomic E-state index is 0.388. The number of nitrogens with zero attached hydrogens (tertiary/aromatic N) is 2. The van der Waals surface area contributed by atoms with Crippen molar-refractivity contribution in [3.63, 3.8) is 0 Å². The Morgan fingerprint density at radius 2 is 2.10 bits per heavy atom. The summed E-state index contributed by atoms with van der Waals surface area (Å²) in [4.78, 5) is 0. The number of nitrogens with one attached hydrogen (secondary N) is 1. The average Bonchev–Trinajstić information content (AvgIpc) is 3.07. The van der Waals surface area contributed by atoms with Gasteiger partial charge < -0.3 is 5.32 Å². The molecule has 4 heteroatoms. The van der Waals surface area contributed by atoms with Crippen LogP contribution in [0.1, 0.15) is 37.1 Å². The zero-order valence-corrected chi connectivity index (χ0v) is 13.6. The summed E-state index contributed by atoms with van der Waals surface area (Å²) < 4.78 is 3.11. The Morgan fingerprint density at radius 3 is 2.70 bits per heavy atom. The zero-order valence-electron chi connectivity index (χ0n) is 12.0. The van der Waals surface area contributed by atoms with E-state index in [0.717, 1.165) is 28.8 Å². The highest BCUT2D eigenvalue weighted by Gasteiger charge is 2.24. The normalized spacial score (nSPS) is 18.6. The highest BCUT2D eigenvalue weighted by atomic mass is 79.9. The van der Waals surface area contributed by atoms with Crippen LogP contribution in [0.2, 0.25) is 0 Å². The standard InChI is InChI=1S/C16H20BrN3/c1-3-11-6-8-12(9-7-11)16-14(17)15(19-20(16)2)13-5-4-10-18-13/h6-9,13,18H,3-5,10H2,1-2H3. The van der Waals surface area contributed by atoms with Crippen molar-refractivity contribution in [2.75, 3.05) is 6.54 Å². The van der Waals surface area contributed by atoms with Crippen molar-refractivity contribution < 1.29 is 0 Å². The molecule has 20 heavy (non-hydrogen) atoms. The minimum atomic E-state index is 0.388. The van der Waals surface area contributed by atoms with E-state index in [1.165, 1.54) is 24.0 Å². The summed E-state index contributed by atoms with van der Waals surface area (Å²) >= 11 is 3.76. The molecule has 0 aliphatic carbocycles. The molecule has 1 fully saturated rings. The predicted molar refractivity (Wildman–Crippen MR) is 85.7 cm³/mol. The quantitative estimate of drug-likeness (QED) is 0.924. The highest BCUT2D eigenvalue weighted by Crippen LogP contribution is 2.36. The molecule has 1 aliphatic rings. The van der Waals surface area contributed by atoms with Crippen molar-refractivity contribution in [1.82, 2.24) is 15.1 Å². The Morgan fingerprint density at radius 1 is 1.35 bits per heavy atom. The Bertz CT molecular complexity index is 595. The lowest BCUT2D eigenvalue weighted by molar-refractivity contribution is 0.606. The number of aromatic nitrogens is 2. The van der Waals surface area contributed by atoms with Gasteiger partial charge in [0.05, 0.1) is 21.9 Å². The largest absolute Gasteiger partial charge is 0.309 e. The monoisotopic (exact) mass is 333 g/mol. The summed E-state index contributed by atoms with van der Waals surface area (Å²) in [6, 6.07) is 9.16. The fourth-order valence-corrected chi connectivity index (χ4v) is 3.71. The van der Waals surface area contributed by atoms with Gasteiger partial charge in [-0.25, -0.2) is 0 Å². The number of hydrogen-bond donors (Lipinski definition) is 1. The van der Waals surface area contributed by atoms with Crippen LogP contribution in [0.25, 0.3) is 11.3 Å². The highest BCUT2D eigenvalue weighted by molar-refractivity contribution is 9.10. The molecule has 0 radical (unpaired) electrons. The van der Waals surface area contributed by atoms with E-state index < -0.39 is 0 Å². The van der Waals surface area contributed by atoms with E-state index in [2.05, 4.69) is 52.4 Å². The fourth-order valence-electron chi connectivity index (χ4n) is 2.87. The molecule has 0 saturated carbocycles. The van der Waals surface area contributed by atoms with Crippen LogP contribution < -0.4 is 5.32 Å². The van der Waals surface area contributed by atoms with Gasteiger partial charge in [0.15, 0.2) is 0 Å². The molecule has 1 aliphatic heterocycles. The number of aryl methyl sites for hydroxylation is 2. The maximum Gasteiger partial charge on any atom is 0.0942 e. The van der Waals surface area contributed by atoms with Crippen LogP contribution in [0.15, 0.2) is 28.7 Å². The molecule has 106 valence electrons. The molecule has 1 atom stereocenters. The van der Waals surface area contributed by atoms with Gasteiger partial charge in [0.2, 0.25) is 0 Å². The van der Waals surface area contributed by atoms with E-state index in [4.69, 9.17) is 5.10 Å². The first kappa shape index (κ1) is 13.8. The lowest BCUT2D eigenvalue weighted by Crippen LogP contribution is -2.14.